The summed E-state index contributed by atoms with van der Waals surface area (Å²) in [5.74, 6) is 0.571. The molecule has 104 valence electrons. The van der Waals surface area contributed by atoms with E-state index < -0.39 is 0 Å². The number of hydrogen-bond donors (Lipinski definition) is 2. The minimum Gasteiger partial charge on any atom is -0.394 e. The molecule has 0 bridgehead atoms. The summed E-state index contributed by atoms with van der Waals surface area (Å²) in [7, 11) is 1.78. The summed E-state index contributed by atoms with van der Waals surface area (Å²) in [6.45, 7) is 1.83. The largest absolute Gasteiger partial charge is 0.394 e. The van der Waals surface area contributed by atoms with Crippen LogP contribution in [0.2, 0.25) is 0 Å². The first-order valence-corrected chi connectivity index (χ1v) is 6.73. The molecule has 1 aromatic carbocycles. The van der Waals surface area contributed by atoms with Crippen LogP contribution in [-0.2, 0) is 24.7 Å². The van der Waals surface area contributed by atoms with Crippen LogP contribution in [0.4, 0.5) is 11.5 Å². The van der Waals surface area contributed by atoms with Gasteiger partial charge in [-0.1, -0.05) is 24.3 Å². The van der Waals surface area contributed by atoms with E-state index in [4.69, 9.17) is 5.73 Å². The minimum atomic E-state index is -0.0259. The van der Waals surface area contributed by atoms with E-state index >= 15 is 0 Å². The summed E-state index contributed by atoms with van der Waals surface area (Å²) < 4.78 is 1.62. The van der Waals surface area contributed by atoms with Crippen molar-refractivity contribution in [3.05, 3.63) is 41.1 Å². The number of carbonyl (C=O) groups excluding carboxylic acids is 1. The molecule has 3 rings (SSSR count). The van der Waals surface area contributed by atoms with Crippen LogP contribution in [0, 0.1) is 12.8 Å². The molecule has 5 nitrogen and oxygen atoms in total. The molecule has 1 aromatic heterocycles. The molecule has 1 heterocycles. The average molecular weight is 270 g/mol. The highest BCUT2D eigenvalue weighted by Gasteiger charge is 2.28. The Hall–Kier alpha value is -2.30. The SMILES string of the molecule is Cc1nn(C)c(NC(=O)C2Cc3ccccc3C2)c1N. The quantitative estimate of drug-likeness (QED) is 0.871. The summed E-state index contributed by atoms with van der Waals surface area (Å²) >= 11 is 0. The van der Waals surface area contributed by atoms with Crippen molar-refractivity contribution in [3.63, 3.8) is 0 Å². The van der Waals surface area contributed by atoms with Crippen molar-refractivity contribution < 1.29 is 4.79 Å². The summed E-state index contributed by atoms with van der Waals surface area (Å²) in [6.07, 6.45) is 1.58. The Morgan fingerprint density at radius 2 is 1.95 bits per heavy atom. The third-order valence-electron chi connectivity index (χ3n) is 3.93. The van der Waals surface area contributed by atoms with Gasteiger partial charge in [-0.3, -0.25) is 9.48 Å². The first kappa shape index (κ1) is 12.7. The van der Waals surface area contributed by atoms with Gasteiger partial charge in [0.25, 0.3) is 0 Å². The maximum atomic E-state index is 12.4. The number of fused-ring (bicyclic) bond motifs is 1. The van der Waals surface area contributed by atoms with Gasteiger partial charge >= 0.3 is 0 Å². The molecule has 0 spiro atoms. The molecule has 0 fully saturated rings. The van der Waals surface area contributed by atoms with Crippen molar-refractivity contribution in [2.45, 2.75) is 19.8 Å². The van der Waals surface area contributed by atoms with Crippen LogP contribution in [0.25, 0.3) is 0 Å². The van der Waals surface area contributed by atoms with Crippen LogP contribution < -0.4 is 11.1 Å². The Labute approximate surface area is 117 Å². The monoisotopic (exact) mass is 270 g/mol. The fourth-order valence-corrected chi connectivity index (χ4v) is 2.79. The standard InChI is InChI=1S/C15H18N4O/c1-9-13(16)14(19(2)18-9)17-15(20)12-7-10-5-3-4-6-11(10)8-12/h3-6,12H,7-8,16H2,1-2H3,(H,17,20). The Balaban J connectivity index is 1.76. The number of benzene rings is 1. The highest BCUT2D eigenvalue weighted by molar-refractivity contribution is 5.95. The molecular weight excluding hydrogens is 252 g/mol. The number of nitrogens with one attached hydrogen (secondary N) is 1. The zero-order valence-corrected chi connectivity index (χ0v) is 11.7. The molecule has 0 saturated heterocycles. The van der Waals surface area contributed by atoms with E-state index in [1.54, 1.807) is 11.7 Å². The van der Waals surface area contributed by atoms with Gasteiger partial charge in [0.05, 0.1) is 11.4 Å². The summed E-state index contributed by atoms with van der Waals surface area (Å²) in [4.78, 5) is 12.4. The minimum absolute atomic E-state index is 0.0101. The van der Waals surface area contributed by atoms with Gasteiger partial charge in [-0.15, -0.1) is 0 Å². The van der Waals surface area contributed by atoms with Crippen molar-refractivity contribution >= 4 is 17.4 Å². The summed E-state index contributed by atoms with van der Waals surface area (Å²) in [6, 6.07) is 8.21. The number of aromatic nitrogens is 2. The van der Waals surface area contributed by atoms with Crippen LogP contribution in [0.1, 0.15) is 16.8 Å². The van der Waals surface area contributed by atoms with Crippen LogP contribution >= 0.6 is 0 Å². The van der Waals surface area contributed by atoms with E-state index in [0.29, 0.717) is 11.5 Å². The van der Waals surface area contributed by atoms with E-state index in [0.717, 1.165) is 18.5 Å². The molecule has 0 unspecified atom stereocenters. The number of amides is 1. The number of nitrogen functional groups attached to an aromatic ring is 1. The molecule has 1 amide bonds. The number of aryl methyl sites for hydroxylation is 2. The van der Waals surface area contributed by atoms with Gasteiger partial charge in [0.15, 0.2) is 5.82 Å². The lowest BCUT2D eigenvalue weighted by atomic mass is 10.1. The highest BCUT2D eigenvalue weighted by Crippen LogP contribution is 2.28. The molecule has 0 aliphatic heterocycles. The number of anilines is 2. The van der Waals surface area contributed by atoms with Crippen LogP contribution in [0.15, 0.2) is 24.3 Å². The second-order valence-corrected chi connectivity index (χ2v) is 5.33. The first-order chi connectivity index (χ1) is 9.56. The Bertz CT molecular complexity index is 650. The number of nitrogens with zero attached hydrogens (tertiary/aromatic N) is 2. The maximum absolute atomic E-state index is 12.4. The lowest BCUT2D eigenvalue weighted by Gasteiger charge is -2.11. The maximum Gasteiger partial charge on any atom is 0.229 e. The third-order valence-corrected chi connectivity index (χ3v) is 3.93. The molecular formula is C15H18N4O. The van der Waals surface area contributed by atoms with E-state index in [2.05, 4.69) is 22.5 Å². The van der Waals surface area contributed by atoms with Crippen LogP contribution in [0.3, 0.4) is 0 Å². The normalized spacial score (nSPS) is 14.3. The van der Waals surface area contributed by atoms with Crippen LogP contribution in [0.5, 0.6) is 0 Å². The number of rotatable bonds is 2. The molecule has 0 atom stereocenters. The van der Waals surface area contributed by atoms with E-state index in [1.165, 1.54) is 11.1 Å². The molecule has 2 aromatic rings. The number of nitrogens with two attached hydrogens (primary N) is 1. The predicted molar refractivity (Wildman–Crippen MR) is 78.3 cm³/mol. The van der Waals surface area contributed by atoms with E-state index in [1.807, 2.05) is 19.1 Å². The predicted octanol–water partition coefficient (Wildman–Crippen LogP) is 1.66. The molecule has 1 aliphatic rings. The smallest absolute Gasteiger partial charge is 0.229 e. The van der Waals surface area contributed by atoms with Crippen molar-refractivity contribution in [1.29, 1.82) is 0 Å². The van der Waals surface area contributed by atoms with Gasteiger partial charge in [0.2, 0.25) is 5.91 Å². The second-order valence-electron chi connectivity index (χ2n) is 5.33. The third kappa shape index (κ3) is 2.05. The molecule has 5 heteroatoms. The molecule has 0 radical (unpaired) electrons. The van der Waals surface area contributed by atoms with E-state index in [9.17, 15) is 4.79 Å². The van der Waals surface area contributed by atoms with Crippen LogP contribution in [-0.4, -0.2) is 15.7 Å². The van der Waals surface area contributed by atoms with Gasteiger partial charge < -0.3 is 11.1 Å². The molecule has 0 saturated carbocycles. The zero-order valence-electron chi connectivity index (χ0n) is 11.7. The highest BCUT2D eigenvalue weighted by atomic mass is 16.2. The van der Waals surface area contributed by atoms with E-state index in [-0.39, 0.29) is 11.8 Å². The number of carbonyl (C=O) groups is 1. The molecule has 1 aliphatic carbocycles. The fourth-order valence-electron chi connectivity index (χ4n) is 2.79. The van der Waals surface area contributed by atoms with Gasteiger partial charge in [0.1, 0.15) is 0 Å². The second kappa shape index (κ2) is 4.67. The Morgan fingerprint density at radius 3 is 2.45 bits per heavy atom. The first-order valence-electron chi connectivity index (χ1n) is 6.73. The van der Waals surface area contributed by atoms with Gasteiger partial charge in [-0.25, -0.2) is 0 Å². The lowest BCUT2D eigenvalue weighted by Crippen LogP contribution is -2.24. The van der Waals surface area contributed by atoms with Crippen molar-refractivity contribution in [1.82, 2.24) is 9.78 Å². The molecule has 20 heavy (non-hydrogen) atoms. The van der Waals surface area contributed by atoms with Gasteiger partial charge in [-0.2, -0.15) is 5.10 Å². The van der Waals surface area contributed by atoms with Crippen molar-refractivity contribution in [3.8, 4) is 0 Å². The lowest BCUT2D eigenvalue weighted by molar-refractivity contribution is -0.119. The Kier molecular flexibility index (Phi) is 2.97. The van der Waals surface area contributed by atoms with Gasteiger partial charge in [0, 0.05) is 13.0 Å². The Morgan fingerprint density at radius 1 is 1.35 bits per heavy atom. The fraction of sp³-hybridized carbons (Fsp3) is 0.333. The zero-order chi connectivity index (χ0) is 14.3. The molecule has 3 N–H and O–H groups in total. The summed E-state index contributed by atoms with van der Waals surface area (Å²) in [5.41, 5.74) is 9.74. The van der Waals surface area contributed by atoms with Gasteiger partial charge in [-0.05, 0) is 30.9 Å². The summed E-state index contributed by atoms with van der Waals surface area (Å²) in [5, 5.41) is 7.12. The topological polar surface area (TPSA) is 72.9 Å². The number of hydrogen-bond acceptors (Lipinski definition) is 3. The van der Waals surface area contributed by atoms with Crippen molar-refractivity contribution in [2.75, 3.05) is 11.1 Å². The average Bonchev–Trinajstić information content (AvgIpc) is 2.95. The van der Waals surface area contributed by atoms with Crippen molar-refractivity contribution in [2.24, 2.45) is 13.0 Å².